The average molecular weight is 360 g/mol. The van der Waals surface area contributed by atoms with E-state index < -0.39 is 42.0 Å². The summed E-state index contributed by atoms with van der Waals surface area (Å²) in [7, 11) is 0. The Hall–Kier alpha value is -2.58. The summed E-state index contributed by atoms with van der Waals surface area (Å²) in [6.07, 6.45) is -3.43. The first-order valence-electron chi connectivity index (χ1n) is 7.60. The van der Waals surface area contributed by atoms with Gasteiger partial charge in [0.05, 0.1) is 18.0 Å². The zero-order valence-electron chi connectivity index (χ0n) is 13.5. The second-order valence-electron chi connectivity index (χ2n) is 5.39. The molecule has 6 nitrogen and oxygen atoms in total. The van der Waals surface area contributed by atoms with E-state index in [1.165, 1.54) is 0 Å². The molecule has 0 radical (unpaired) electrons. The number of amides is 2. The van der Waals surface area contributed by atoms with Crippen LogP contribution < -0.4 is 10.6 Å². The minimum Gasteiger partial charge on any atom is -0.481 e. The molecule has 0 fully saturated rings. The van der Waals surface area contributed by atoms with Gasteiger partial charge in [0, 0.05) is 12.1 Å². The van der Waals surface area contributed by atoms with Gasteiger partial charge in [0.2, 0.25) is 5.91 Å². The van der Waals surface area contributed by atoms with Gasteiger partial charge < -0.3 is 15.7 Å². The third-order valence-corrected chi connectivity index (χ3v) is 3.42. The van der Waals surface area contributed by atoms with E-state index in [9.17, 15) is 27.6 Å². The average Bonchev–Trinajstić information content (AvgIpc) is 2.55. The van der Waals surface area contributed by atoms with Crippen LogP contribution in [0.2, 0.25) is 0 Å². The van der Waals surface area contributed by atoms with Crippen molar-refractivity contribution in [3.8, 4) is 0 Å². The van der Waals surface area contributed by atoms with Crippen LogP contribution in [0.25, 0.3) is 0 Å². The van der Waals surface area contributed by atoms with Crippen molar-refractivity contribution in [3.63, 3.8) is 0 Å². The molecule has 1 atom stereocenters. The number of carbonyl (C=O) groups excluding carboxylic acids is 2. The summed E-state index contributed by atoms with van der Waals surface area (Å²) < 4.78 is 37.3. The van der Waals surface area contributed by atoms with Crippen molar-refractivity contribution >= 4 is 17.8 Å². The number of carboxylic acid groups (broad SMARTS) is 1. The van der Waals surface area contributed by atoms with Gasteiger partial charge in [-0.25, -0.2) is 0 Å². The zero-order chi connectivity index (χ0) is 19.0. The highest BCUT2D eigenvalue weighted by atomic mass is 19.4. The highest BCUT2D eigenvalue weighted by molar-refractivity contribution is 5.96. The van der Waals surface area contributed by atoms with Crippen molar-refractivity contribution < 1.29 is 32.7 Å². The van der Waals surface area contributed by atoms with Crippen LogP contribution in [0.15, 0.2) is 24.3 Å². The molecule has 1 aromatic rings. The third-order valence-electron chi connectivity index (χ3n) is 3.42. The Morgan fingerprint density at radius 2 is 1.72 bits per heavy atom. The van der Waals surface area contributed by atoms with Crippen molar-refractivity contribution in [1.29, 1.82) is 0 Å². The van der Waals surface area contributed by atoms with Crippen molar-refractivity contribution in [2.75, 3.05) is 13.1 Å². The molecule has 9 heteroatoms. The van der Waals surface area contributed by atoms with E-state index in [2.05, 4.69) is 10.6 Å². The van der Waals surface area contributed by atoms with E-state index in [1.807, 2.05) is 6.92 Å². The van der Waals surface area contributed by atoms with E-state index in [0.29, 0.717) is 12.8 Å². The molecule has 0 bridgehead atoms. The second kappa shape index (κ2) is 9.05. The molecular weight excluding hydrogens is 341 g/mol. The molecular formula is C16H19F3N2O4. The number of aliphatic carboxylic acids is 1. The number of benzene rings is 1. The maximum absolute atomic E-state index is 12.4. The Kier molecular flexibility index (Phi) is 7.41. The van der Waals surface area contributed by atoms with E-state index in [4.69, 9.17) is 5.11 Å². The van der Waals surface area contributed by atoms with Crippen molar-refractivity contribution in [2.45, 2.75) is 25.9 Å². The molecule has 138 valence electrons. The van der Waals surface area contributed by atoms with Crippen LogP contribution in [0.4, 0.5) is 13.2 Å². The fourth-order valence-corrected chi connectivity index (χ4v) is 2.03. The molecule has 0 aliphatic rings. The number of nitrogens with one attached hydrogen (secondary N) is 2. The van der Waals surface area contributed by atoms with Crippen LogP contribution in [0.3, 0.4) is 0 Å². The van der Waals surface area contributed by atoms with Crippen LogP contribution in [0.1, 0.15) is 35.7 Å². The second-order valence-corrected chi connectivity index (χ2v) is 5.39. The predicted octanol–water partition coefficient (Wildman–Crippen LogP) is 2.05. The van der Waals surface area contributed by atoms with Gasteiger partial charge in [-0.3, -0.25) is 14.4 Å². The lowest BCUT2D eigenvalue weighted by molar-refractivity contribution is -0.142. The van der Waals surface area contributed by atoms with Crippen LogP contribution >= 0.6 is 0 Å². The van der Waals surface area contributed by atoms with Crippen molar-refractivity contribution in [1.82, 2.24) is 10.6 Å². The van der Waals surface area contributed by atoms with E-state index in [0.717, 1.165) is 24.3 Å². The predicted molar refractivity (Wildman–Crippen MR) is 82.8 cm³/mol. The molecule has 0 aromatic heterocycles. The number of hydrogen-bond acceptors (Lipinski definition) is 3. The van der Waals surface area contributed by atoms with Crippen LogP contribution in [0.5, 0.6) is 0 Å². The number of rotatable bonds is 8. The number of carboxylic acids is 1. The van der Waals surface area contributed by atoms with Gasteiger partial charge in [-0.1, -0.05) is 13.3 Å². The Labute approximate surface area is 142 Å². The molecule has 0 saturated carbocycles. The normalized spacial score (nSPS) is 12.3. The summed E-state index contributed by atoms with van der Waals surface area (Å²) in [4.78, 5) is 34.4. The molecule has 0 heterocycles. The monoisotopic (exact) mass is 360 g/mol. The van der Waals surface area contributed by atoms with Crippen molar-refractivity contribution in [3.05, 3.63) is 35.4 Å². The smallest absolute Gasteiger partial charge is 0.416 e. The van der Waals surface area contributed by atoms with E-state index in [1.54, 1.807) is 0 Å². The largest absolute Gasteiger partial charge is 0.481 e. The lowest BCUT2D eigenvalue weighted by Crippen LogP contribution is -2.40. The summed E-state index contributed by atoms with van der Waals surface area (Å²) in [5, 5.41) is 13.6. The van der Waals surface area contributed by atoms with E-state index in [-0.39, 0.29) is 12.1 Å². The minimum absolute atomic E-state index is 0.0183. The Bertz CT molecular complexity index is 615. The van der Waals surface area contributed by atoms with Gasteiger partial charge in [-0.05, 0) is 30.7 Å². The Balaban J connectivity index is 2.47. The van der Waals surface area contributed by atoms with Crippen LogP contribution in [0, 0.1) is 5.92 Å². The maximum atomic E-state index is 12.4. The molecule has 25 heavy (non-hydrogen) atoms. The van der Waals surface area contributed by atoms with Gasteiger partial charge in [-0.15, -0.1) is 0 Å². The van der Waals surface area contributed by atoms with Crippen molar-refractivity contribution in [2.24, 2.45) is 5.92 Å². The molecule has 0 aliphatic carbocycles. The van der Waals surface area contributed by atoms with Crippen LogP contribution in [-0.2, 0) is 15.8 Å². The number of carbonyl (C=O) groups is 3. The summed E-state index contributed by atoms with van der Waals surface area (Å²) in [6.45, 7) is 1.36. The number of hydrogen-bond donors (Lipinski definition) is 3. The zero-order valence-corrected chi connectivity index (χ0v) is 13.5. The fraction of sp³-hybridized carbons (Fsp3) is 0.438. The quantitative estimate of drug-likeness (QED) is 0.661. The Morgan fingerprint density at radius 3 is 2.20 bits per heavy atom. The molecule has 3 N–H and O–H groups in total. The van der Waals surface area contributed by atoms with Gasteiger partial charge in [0.1, 0.15) is 0 Å². The highest BCUT2D eigenvalue weighted by Crippen LogP contribution is 2.29. The Morgan fingerprint density at radius 1 is 1.12 bits per heavy atom. The third kappa shape index (κ3) is 6.82. The van der Waals surface area contributed by atoms with E-state index >= 15 is 0 Å². The van der Waals surface area contributed by atoms with Gasteiger partial charge in [0.15, 0.2) is 0 Å². The van der Waals surface area contributed by atoms with Gasteiger partial charge >= 0.3 is 12.1 Å². The summed E-state index contributed by atoms with van der Waals surface area (Å²) >= 11 is 0. The topological polar surface area (TPSA) is 95.5 Å². The van der Waals surface area contributed by atoms with Gasteiger partial charge in [-0.2, -0.15) is 13.2 Å². The molecule has 1 rings (SSSR count). The lowest BCUT2D eigenvalue weighted by atomic mass is 10.0. The van der Waals surface area contributed by atoms with Gasteiger partial charge in [0.25, 0.3) is 5.91 Å². The minimum atomic E-state index is -4.49. The molecule has 0 aliphatic heterocycles. The summed E-state index contributed by atoms with van der Waals surface area (Å²) in [6, 6.07) is 3.57. The molecule has 0 saturated heterocycles. The molecule has 1 unspecified atom stereocenters. The standard InChI is InChI=1S/C16H19F3N2O4/c1-2-3-11(15(24)25)8-20-13(22)9-21-14(23)10-4-6-12(7-5-10)16(17,18)19/h4-7,11H,2-3,8-9H2,1H3,(H,20,22)(H,21,23)(H,24,25). The summed E-state index contributed by atoms with van der Waals surface area (Å²) in [5.74, 6) is -3.01. The first-order chi connectivity index (χ1) is 11.6. The number of halogens is 3. The molecule has 2 amide bonds. The lowest BCUT2D eigenvalue weighted by Gasteiger charge is -2.12. The summed E-state index contributed by atoms with van der Waals surface area (Å²) in [5.41, 5.74) is -0.896. The highest BCUT2D eigenvalue weighted by Gasteiger charge is 2.30. The fourth-order valence-electron chi connectivity index (χ4n) is 2.03. The maximum Gasteiger partial charge on any atom is 0.416 e. The molecule has 0 spiro atoms. The molecule has 1 aromatic carbocycles. The SMILES string of the molecule is CCCC(CNC(=O)CNC(=O)c1ccc(C(F)(F)F)cc1)C(=O)O. The number of alkyl halides is 3. The van der Waals surface area contributed by atoms with Crippen LogP contribution in [-0.4, -0.2) is 36.0 Å². The first-order valence-corrected chi connectivity index (χ1v) is 7.60. The first kappa shape index (κ1) is 20.5.